The van der Waals surface area contributed by atoms with E-state index in [1.807, 2.05) is 54.6 Å². The van der Waals surface area contributed by atoms with Gasteiger partial charge in [0.05, 0.1) is 6.54 Å². The maximum absolute atomic E-state index is 10.1. The molecule has 0 saturated carbocycles. The third-order valence-electron chi connectivity index (χ3n) is 2.77. The summed E-state index contributed by atoms with van der Waals surface area (Å²) in [6.07, 6.45) is 2.23. The van der Waals surface area contributed by atoms with E-state index in [4.69, 9.17) is 4.74 Å². The summed E-state index contributed by atoms with van der Waals surface area (Å²) in [4.78, 5) is 13.6. The van der Waals surface area contributed by atoms with Crippen molar-refractivity contribution in [2.75, 3.05) is 6.54 Å². The number of benzene rings is 2. The fourth-order valence-corrected chi connectivity index (χ4v) is 1.81. The van der Waals surface area contributed by atoms with E-state index in [1.165, 1.54) is 0 Å². The molecule has 2 aromatic carbocycles. The second-order valence-electron chi connectivity index (χ2n) is 4.11. The molecule has 0 aliphatic heterocycles. The predicted molar refractivity (Wildman–Crippen MR) is 73.9 cm³/mol. The molecule has 0 heterocycles. The third-order valence-corrected chi connectivity index (χ3v) is 2.77. The summed E-state index contributed by atoms with van der Waals surface area (Å²) in [5.41, 5.74) is 2.18. The molecule has 96 valence electrons. The van der Waals surface area contributed by atoms with Gasteiger partial charge in [0.2, 0.25) is 6.08 Å². The van der Waals surface area contributed by atoms with Gasteiger partial charge in [-0.25, -0.2) is 9.79 Å². The molecule has 0 amide bonds. The lowest BCUT2D eigenvalue weighted by Crippen LogP contribution is -1.99. The molecule has 3 heteroatoms. The Bertz CT molecular complexity index is 560. The fraction of sp³-hybridized carbons (Fsp3) is 0.188. The number of aliphatic imine (C=N–C) groups is 1. The maximum Gasteiger partial charge on any atom is 0.234 e. The van der Waals surface area contributed by atoms with Crippen LogP contribution in [-0.2, 0) is 17.8 Å². The predicted octanol–water partition coefficient (Wildman–Crippen LogP) is 3.14. The van der Waals surface area contributed by atoms with Gasteiger partial charge in [-0.1, -0.05) is 48.5 Å². The van der Waals surface area contributed by atoms with E-state index in [0.717, 1.165) is 16.9 Å². The van der Waals surface area contributed by atoms with Crippen LogP contribution in [0.5, 0.6) is 5.75 Å². The average Bonchev–Trinajstić information content (AvgIpc) is 2.48. The van der Waals surface area contributed by atoms with E-state index in [-0.39, 0.29) is 0 Å². The first-order valence-corrected chi connectivity index (χ1v) is 6.18. The third kappa shape index (κ3) is 4.09. The Hall–Kier alpha value is -2.38. The van der Waals surface area contributed by atoms with E-state index in [9.17, 15) is 4.79 Å². The molecule has 0 atom stereocenters. The van der Waals surface area contributed by atoms with Gasteiger partial charge in [-0.05, 0) is 23.6 Å². The number of carbonyl (C=O) groups excluding carboxylic acids is 1. The van der Waals surface area contributed by atoms with Gasteiger partial charge in [-0.2, -0.15) is 0 Å². The monoisotopic (exact) mass is 253 g/mol. The van der Waals surface area contributed by atoms with Crippen LogP contribution < -0.4 is 4.74 Å². The van der Waals surface area contributed by atoms with Gasteiger partial charge in [0.25, 0.3) is 0 Å². The van der Waals surface area contributed by atoms with Crippen molar-refractivity contribution in [3.8, 4) is 5.75 Å². The first-order chi connectivity index (χ1) is 9.40. The molecule has 0 bridgehead atoms. The lowest BCUT2D eigenvalue weighted by atomic mass is 10.1. The number of para-hydroxylation sites is 1. The number of nitrogens with zero attached hydrogens (tertiary/aromatic N) is 1. The molecule has 0 aliphatic rings. The van der Waals surface area contributed by atoms with Crippen LogP contribution >= 0.6 is 0 Å². The molecule has 2 aromatic rings. The van der Waals surface area contributed by atoms with Crippen LogP contribution in [0.4, 0.5) is 0 Å². The molecule has 0 saturated heterocycles. The minimum Gasteiger partial charge on any atom is -0.489 e. The SMILES string of the molecule is O=C=NCCc1ccccc1OCc1ccccc1. The van der Waals surface area contributed by atoms with Crippen LogP contribution in [0.15, 0.2) is 59.6 Å². The summed E-state index contributed by atoms with van der Waals surface area (Å²) in [5, 5.41) is 0. The molecule has 0 unspecified atom stereocenters. The van der Waals surface area contributed by atoms with E-state index in [2.05, 4.69) is 4.99 Å². The second kappa shape index (κ2) is 7.14. The summed E-state index contributed by atoms with van der Waals surface area (Å²) >= 11 is 0. The van der Waals surface area contributed by atoms with E-state index >= 15 is 0 Å². The lowest BCUT2D eigenvalue weighted by Gasteiger charge is -2.10. The van der Waals surface area contributed by atoms with E-state index < -0.39 is 0 Å². The van der Waals surface area contributed by atoms with Crippen molar-refractivity contribution in [3.05, 3.63) is 65.7 Å². The summed E-state index contributed by atoms with van der Waals surface area (Å²) in [6, 6.07) is 17.8. The smallest absolute Gasteiger partial charge is 0.234 e. The molecular formula is C16H15NO2. The summed E-state index contributed by atoms with van der Waals surface area (Å²) in [6.45, 7) is 0.976. The molecule has 0 radical (unpaired) electrons. The highest BCUT2D eigenvalue weighted by molar-refractivity contribution is 5.35. The topological polar surface area (TPSA) is 38.7 Å². The van der Waals surface area contributed by atoms with E-state index in [0.29, 0.717) is 19.6 Å². The number of rotatable bonds is 6. The highest BCUT2D eigenvalue weighted by atomic mass is 16.5. The lowest BCUT2D eigenvalue weighted by molar-refractivity contribution is 0.303. The Morgan fingerprint density at radius 2 is 1.74 bits per heavy atom. The van der Waals surface area contributed by atoms with Crippen LogP contribution in [0.2, 0.25) is 0 Å². The van der Waals surface area contributed by atoms with Crippen molar-refractivity contribution in [3.63, 3.8) is 0 Å². The van der Waals surface area contributed by atoms with Gasteiger partial charge in [-0.15, -0.1) is 0 Å². The van der Waals surface area contributed by atoms with Crippen LogP contribution in [0.1, 0.15) is 11.1 Å². The molecule has 0 spiro atoms. The highest BCUT2D eigenvalue weighted by Gasteiger charge is 2.02. The largest absolute Gasteiger partial charge is 0.489 e. The standard InChI is InChI=1S/C16H15NO2/c18-13-17-11-10-15-8-4-5-9-16(15)19-12-14-6-2-1-3-7-14/h1-9H,10-12H2. The van der Waals surface area contributed by atoms with Gasteiger partial charge < -0.3 is 4.74 Å². The van der Waals surface area contributed by atoms with Gasteiger partial charge >= 0.3 is 0 Å². The second-order valence-corrected chi connectivity index (χ2v) is 4.11. The van der Waals surface area contributed by atoms with Crippen LogP contribution in [-0.4, -0.2) is 12.6 Å². The normalized spacial score (nSPS) is 9.68. The van der Waals surface area contributed by atoms with Gasteiger partial charge in [0.15, 0.2) is 0 Å². The van der Waals surface area contributed by atoms with Crippen molar-refractivity contribution in [2.24, 2.45) is 4.99 Å². The first kappa shape index (κ1) is 13.1. The van der Waals surface area contributed by atoms with E-state index in [1.54, 1.807) is 6.08 Å². The van der Waals surface area contributed by atoms with Crippen molar-refractivity contribution < 1.29 is 9.53 Å². The quantitative estimate of drug-likeness (QED) is 0.586. The molecule has 0 aliphatic carbocycles. The molecule has 19 heavy (non-hydrogen) atoms. The summed E-state index contributed by atoms with van der Waals surface area (Å²) in [5.74, 6) is 0.840. The van der Waals surface area contributed by atoms with Crippen molar-refractivity contribution in [2.45, 2.75) is 13.0 Å². The summed E-state index contributed by atoms with van der Waals surface area (Å²) in [7, 11) is 0. The minimum atomic E-state index is 0.440. The van der Waals surface area contributed by atoms with Crippen LogP contribution in [0, 0.1) is 0 Å². The van der Waals surface area contributed by atoms with Crippen LogP contribution in [0.25, 0.3) is 0 Å². The Labute approximate surface area is 112 Å². The Morgan fingerprint density at radius 3 is 2.53 bits per heavy atom. The average molecular weight is 253 g/mol. The zero-order chi connectivity index (χ0) is 13.3. The Kier molecular flexibility index (Phi) is 4.91. The van der Waals surface area contributed by atoms with Crippen molar-refractivity contribution in [1.82, 2.24) is 0 Å². The van der Waals surface area contributed by atoms with Gasteiger partial charge in [0.1, 0.15) is 12.4 Å². The number of hydrogen-bond donors (Lipinski definition) is 0. The molecule has 0 aromatic heterocycles. The highest BCUT2D eigenvalue weighted by Crippen LogP contribution is 2.19. The number of hydrogen-bond acceptors (Lipinski definition) is 3. The maximum atomic E-state index is 10.1. The van der Waals surface area contributed by atoms with Crippen molar-refractivity contribution >= 4 is 6.08 Å². The molecule has 0 N–H and O–H groups in total. The number of ether oxygens (including phenoxy) is 1. The van der Waals surface area contributed by atoms with Crippen LogP contribution in [0.3, 0.4) is 0 Å². The Morgan fingerprint density at radius 1 is 1.00 bits per heavy atom. The van der Waals surface area contributed by atoms with Gasteiger partial charge in [0, 0.05) is 0 Å². The summed E-state index contributed by atoms with van der Waals surface area (Å²) < 4.78 is 5.81. The fourth-order valence-electron chi connectivity index (χ4n) is 1.81. The zero-order valence-electron chi connectivity index (χ0n) is 10.6. The molecule has 0 fully saturated rings. The van der Waals surface area contributed by atoms with Crippen molar-refractivity contribution in [1.29, 1.82) is 0 Å². The minimum absolute atomic E-state index is 0.440. The van der Waals surface area contributed by atoms with Gasteiger partial charge in [-0.3, -0.25) is 0 Å². The number of isocyanates is 1. The molecular weight excluding hydrogens is 238 g/mol. The first-order valence-electron chi connectivity index (χ1n) is 6.18. The molecule has 2 rings (SSSR count). The zero-order valence-corrected chi connectivity index (χ0v) is 10.6. The molecule has 3 nitrogen and oxygen atoms in total. The Balaban J connectivity index is 2.01.